The van der Waals surface area contributed by atoms with Crippen molar-refractivity contribution in [2.24, 2.45) is 0 Å². The van der Waals surface area contributed by atoms with Gasteiger partial charge in [-0.05, 0) is 35.9 Å². The van der Waals surface area contributed by atoms with Gasteiger partial charge in [0.2, 0.25) is 0 Å². The summed E-state index contributed by atoms with van der Waals surface area (Å²) in [6.45, 7) is -0.640. The largest absolute Gasteiger partial charge is 0.495 e. The fraction of sp³-hybridized carbons (Fsp3) is 0.345. The second-order valence-corrected chi connectivity index (χ2v) is 9.95. The van der Waals surface area contributed by atoms with Gasteiger partial charge in [0.25, 0.3) is 5.56 Å². The van der Waals surface area contributed by atoms with Gasteiger partial charge in [0, 0.05) is 35.1 Å². The third-order valence-corrected chi connectivity index (χ3v) is 6.78. The van der Waals surface area contributed by atoms with Crippen molar-refractivity contribution in [3.63, 3.8) is 0 Å². The second kappa shape index (κ2) is 13.4. The molecule has 0 spiro atoms. The Morgan fingerprint density at radius 2 is 1.81 bits per heavy atom. The predicted molar refractivity (Wildman–Crippen MR) is 146 cm³/mol. The molecule has 42 heavy (non-hydrogen) atoms. The van der Waals surface area contributed by atoms with Crippen molar-refractivity contribution >= 4 is 23.4 Å². The van der Waals surface area contributed by atoms with Gasteiger partial charge in [0.05, 0.1) is 50.8 Å². The molecule has 2 heterocycles. The highest BCUT2D eigenvalue weighted by Gasteiger charge is 2.31. The minimum atomic E-state index is -4.60. The average Bonchev–Trinajstić information content (AvgIpc) is 2.95. The number of halogens is 4. The molecule has 224 valence electrons. The van der Waals surface area contributed by atoms with Crippen LogP contribution in [0.4, 0.5) is 13.2 Å². The lowest BCUT2D eigenvalue weighted by molar-refractivity contribution is -0.153. The molecule has 1 aliphatic heterocycles. The monoisotopic (exact) mass is 609 g/mol. The Morgan fingerprint density at radius 3 is 2.43 bits per heavy atom. The molecule has 0 radical (unpaired) electrons. The molecule has 4 rings (SSSR count). The first-order chi connectivity index (χ1) is 19.9. The van der Waals surface area contributed by atoms with Crippen molar-refractivity contribution in [1.82, 2.24) is 4.57 Å². The number of pyridine rings is 1. The van der Waals surface area contributed by atoms with Crippen LogP contribution in [0.5, 0.6) is 11.5 Å². The molecule has 9 nitrogen and oxygen atoms in total. The van der Waals surface area contributed by atoms with E-state index in [1.807, 2.05) is 0 Å². The van der Waals surface area contributed by atoms with E-state index in [2.05, 4.69) is 0 Å². The number of benzene rings is 2. The second-order valence-electron chi connectivity index (χ2n) is 9.51. The zero-order valence-electron chi connectivity index (χ0n) is 22.4. The van der Waals surface area contributed by atoms with E-state index >= 15 is 0 Å². The maximum Gasteiger partial charge on any atom is 0.422 e. The Balaban J connectivity index is 1.73. The summed E-state index contributed by atoms with van der Waals surface area (Å²) >= 11 is 6.12. The van der Waals surface area contributed by atoms with E-state index in [1.54, 1.807) is 0 Å². The molecule has 0 aliphatic carbocycles. The Morgan fingerprint density at radius 1 is 1.10 bits per heavy atom. The van der Waals surface area contributed by atoms with Crippen LogP contribution in [0.1, 0.15) is 28.4 Å². The molecule has 2 aromatic carbocycles. The van der Waals surface area contributed by atoms with Crippen molar-refractivity contribution in [2.75, 3.05) is 33.5 Å². The number of Topliss-reactive ketones (excluding diaryl/α,β-unsaturated/α-hetero) is 1. The molecule has 1 fully saturated rings. The van der Waals surface area contributed by atoms with Crippen LogP contribution in [0.3, 0.4) is 0 Å². The van der Waals surface area contributed by atoms with Gasteiger partial charge in [-0.1, -0.05) is 23.7 Å². The number of hydrogen-bond acceptors (Lipinski definition) is 7. The molecular weight excluding hydrogens is 583 g/mol. The highest BCUT2D eigenvalue weighted by molar-refractivity contribution is 6.31. The predicted octanol–water partition coefficient (Wildman–Crippen LogP) is 4.98. The molecule has 0 bridgehead atoms. The lowest BCUT2D eigenvalue weighted by Gasteiger charge is -2.28. The van der Waals surface area contributed by atoms with Gasteiger partial charge in [-0.25, -0.2) is 4.79 Å². The Kier molecular flexibility index (Phi) is 9.92. The molecular formula is C29H27ClF3NO8. The van der Waals surface area contributed by atoms with Crippen LogP contribution in [-0.4, -0.2) is 67.2 Å². The number of carboxylic acids is 1. The van der Waals surface area contributed by atoms with Gasteiger partial charge in [-0.15, -0.1) is 0 Å². The minimum absolute atomic E-state index is 0.0617. The number of aromatic carboxylic acids is 1. The molecule has 1 N–H and O–H groups in total. The first-order valence-electron chi connectivity index (χ1n) is 12.8. The van der Waals surface area contributed by atoms with Gasteiger partial charge in [0.15, 0.2) is 12.4 Å². The number of methoxy groups -OCH3 is 1. The summed E-state index contributed by atoms with van der Waals surface area (Å²) in [5.74, 6) is -1.55. The van der Waals surface area contributed by atoms with E-state index in [4.69, 9.17) is 35.7 Å². The molecule has 0 saturated carbocycles. The summed E-state index contributed by atoms with van der Waals surface area (Å²) in [4.78, 5) is 38.3. The zero-order valence-corrected chi connectivity index (χ0v) is 23.1. The quantitative estimate of drug-likeness (QED) is 0.324. The van der Waals surface area contributed by atoms with Crippen LogP contribution in [0, 0.1) is 0 Å². The molecule has 2 atom stereocenters. The highest BCUT2D eigenvalue weighted by atomic mass is 35.5. The van der Waals surface area contributed by atoms with Crippen molar-refractivity contribution in [1.29, 1.82) is 0 Å². The summed E-state index contributed by atoms with van der Waals surface area (Å²) in [5, 5.41) is 9.34. The van der Waals surface area contributed by atoms with Crippen molar-refractivity contribution in [2.45, 2.75) is 31.2 Å². The fourth-order valence-electron chi connectivity index (χ4n) is 4.55. The maximum absolute atomic E-state index is 13.6. The van der Waals surface area contributed by atoms with Gasteiger partial charge in [0.1, 0.15) is 11.5 Å². The van der Waals surface area contributed by atoms with Gasteiger partial charge in [-0.2, -0.15) is 13.2 Å². The molecule has 3 aromatic rings. The number of aromatic nitrogens is 1. The van der Waals surface area contributed by atoms with Crippen LogP contribution >= 0.6 is 11.6 Å². The Bertz CT molecular complexity index is 1480. The van der Waals surface area contributed by atoms with Crippen LogP contribution in [0.25, 0.3) is 11.1 Å². The SMILES string of the molecule is COc1cn(C(CC2COCCO2)C(=O)Cc2ccc(C(=O)O)cc2)c(=O)cc1-c1cc(Cl)ccc1OCC(F)(F)F. The number of hydrogen-bond donors (Lipinski definition) is 1. The minimum Gasteiger partial charge on any atom is -0.495 e. The van der Waals surface area contributed by atoms with Crippen molar-refractivity contribution in [3.05, 3.63) is 81.2 Å². The van der Waals surface area contributed by atoms with Crippen molar-refractivity contribution in [3.8, 4) is 22.6 Å². The Labute approximate surface area is 243 Å². The van der Waals surface area contributed by atoms with Gasteiger partial charge >= 0.3 is 12.1 Å². The van der Waals surface area contributed by atoms with E-state index in [9.17, 15) is 27.6 Å². The number of carbonyl (C=O) groups is 2. The number of rotatable bonds is 11. The standard InChI is InChI=1S/C29H27ClF3NO8/c1-39-26-14-34(27(36)13-22(26)21-11-19(30)6-7-25(21)42-16-29(31,32)33)23(12-20-15-40-8-9-41-20)24(35)10-17-2-4-18(5-3-17)28(37)38/h2-7,11,13-14,20,23H,8-10,12,15-16H2,1H3,(H,37,38). The number of ketones is 1. The normalized spacial score (nSPS) is 16.1. The molecule has 1 saturated heterocycles. The molecule has 1 aromatic heterocycles. The molecule has 0 amide bonds. The summed E-state index contributed by atoms with van der Waals surface area (Å²) in [5.41, 5.74) is 0.178. The van der Waals surface area contributed by atoms with E-state index < -0.39 is 36.5 Å². The van der Waals surface area contributed by atoms with E-state index in [-0.39, 0.29) is 58.4 Å². The van der Waals surface area contributed by atoms with Crippen molar-refractivity contribution < 1.29 is 46.8 Å². The van der Waals surface area contributed by atoms with Crippen LogP contribution < -0.4 is 15.0 Å². The topological polar surface area (TPSA) is 113 Å². The number of ether oxygens (including phenoxy) is 4. The lowest BCUT2D eigenvalue weighted by Crippen LogP contribution is -2.37. The van der Waals surface area contributed by atoms with Crippen LogP contribution in [-0.2, 0) is 20.7 Å². The molecule has 2 unspecified atom stereocenters. The molecule has 13 heteroatoms. The number of alkyl halides is 3. The number of carbonyl (C=O) groups excluding carboxylic acids is 1. The summed E-state index contributed by atoms with van der Waals surface area (Å²) in [7, 11) is 1.31. The third kappa shape index (κ3) is 7.90. The highest BCUT2D eigenvalue weighted by Crippen LogP contribution is 2.38. The van der Waals surface area contributed by atoms with E-state index in [0.29, 0.717) is 18.8 Å². The first-order valence-corrected chi connectivity index (χ1v) is 13.2. The maximum atomic E-state index is 13.6. The zero-order chi connectivity index (χ0) is 30.4. The number of carboxylic acid groups (broad SMARTS) is 1. The van der Waals surface area contributed by atoms with Crippen LogP contribution in [0.2, 0.25) is 5.02 Å². The first kappa shape index (κ1) is 31.1. The Hall–Kier alpha value is -3.87. The fourth-order valence-corrected chi connectivity index (χ4v) is 4.72. The van der Waals surface area contributed by atoms with Gasteiger partial charge in [-0.3, -0.25) is 9.59 Å². The number of nitrogens with zero attached hydrogens (tertiary/aromatic N) is 1. The smallest absolute Gasteiger partial charge is 0.422 e. The van der Waals surface area contributed by atoms with Crippen LogP contribution in [0.15, 0.2) is 59.5 Å². The third-order valence-electron chi connectivity index (χ3n) is 6.54. The van der Waals surface area contributed by atoms with Gasteiger partial charge < -0.3 is 28.6 Å². The summed E-state index contributed by atoms with van der Waals surface area (Å²) in [6, 6.07) is 9.88. The average molecular weight is 610 g/mol. The molecule has 1 aliphatic rings. The van der Waals surface area contributed by atoms with E-state index in [1.165, 1.54) is 60.3 Å². The summed E-state index contributed by atoms with van der Waals surface area (Å²) in [6.07, 6.45) is -3.80. The lowest BCUT2D eigenvalue weighted by atomic mass is 9.97. The summed E-state index contributed by atoms with van der Waals surface area (Å²) < 4.78 is 61.5. The van der Waals surface area contributed by atoms with E-state index in [0.717, 1.165) is 6.07 Å².